The highest BCUT2D eigenvalue weighted by Gasteiger charge is 2.25. The lowest BCUT2D eigenvalue weighted by molar-refractivity contribution is -0.136. The van der Waals surface area contributed by atoms with Crippen molar-refractivity contribution in [1.82, 2.24) is 10.2 Å². The van der Waals surface area contributed by atoms with Crippen LogP contribution < -0.4 is 5.32 Å². The van der Waals surface area contributed by atoms with Crippen molar-refractivity contribution in [1.29, 1.82) is 0 Å². The summed E-state index contributed by atoms with van der Waals surface area (Å²) in [5.74, 6) is 0.401. The third kappa shape index (κ3) is 2.69. The molecular formula is C10H20N2O. The van der Waals surface area contributed by atoms with Crippen LogP contribution in [0.1, 0.15) is 27.7 Å². The normalized spacial score (nSPS) is 29.5. The summed E-state index contributed by atoms with van der Waals surface area (Å²) in [5.41, 5.74) is 0. The van der Waals surface area contributed by atoms with Gasteiger partial charge in [0.2, 0.25) is 5.91 Å². The minimum atomic E-state index is 0.123. The van der Waals surface area contributed by atoms with Crippen LogP contribution in [0.4, 0.5) is 0 Å². The van der Waals surface area contributed by atoms with Crippen LogP contribution in [0.3, 0.4) is 0 Å². The average molecular weight is 184 g/mol. The monoisotopic (exact) mass is 184 g/mol. The van der Waals surface area contributed by atoms with Crippen LogP contribution in [0.15, 0.2) is 0 Å². The zero-order chi connectivity index (χ0) is 10.0. The van der Waals surface area contributed by atoms with E-state index in [4.69, 9.17) is 0 Å². The molecule has 1 aliphatic rings. The van der Waals surface area contributed by atoms with Crippen molar-refractivity contribution in [3.05, 3.63) is 0 Å². The molecule has 1 aliphatic heterocycles. The fourth-order valence-corrected chi connectivity index (χ4v) is 1.87. The van der Waals surface area contributed by atoms with Crippen LogP contribution >= 0.6 is 0 Å². The first-order chi connectivity index (χ1) is 6.00. The molecule has 1 heterocycles. The van der Waals surface area contributed by atoms with Gasteiger partial charge in [-0.05, 0) is 13.8 Å². The first kappa shape index (κ1) is 10.5. The van der Waals surface area contributed by atoms with E-state index in [2.05, 4.69) is 19.2 Å². The lowest BCUT2D eigenvalue weighted by atomic mass is 10.1. The topological polar surface area (TPSA) is 32.3 Å². The van der Waals surface area contributed by atoms with E-state index in [0.29, 0.717) is 12.1 Å². The third-order valence-electron chi connectivity index (χ3n) is 2.36. The maximum Gasteiger partial charge on any atom is 0.225 e. The molecule has 1 fully saturated rings. The van der Waals surface area contributed by atoms with E-state index in [0.717, 1.165) is 13.1 Å². The lowest BCUT2D eigenvalue weighted by Gasteiger charge is -2.37. The van der Waals surface area contributed by atoms with Gasteiger partial charge < -0.3 is 10.2 Å². The number of carbonyl (C=O) groups excluding carboxylic acids is 1. The molecule has 1 saturated heterocycles. The van der Waals surface area contributed by atoms with E-state index in [1.54, 1.807) is 0 Å². The Morgan fingerprint density at radius 1 is 1.31 bits per heavy atom. The van der Waals surface area contributed by atoms with Crippen LogP contribution in [0.25, 0.3) is 0 Å². The molecule has 0 aromatic heterocycles. The largest absolute Gasteiger partial charge is 0.339 e. The van der Waals surface area contributed by atoms with E-state index in [1.807, 2.05) is 18.7 Å². The summed E-state index contributed by atoms with van der Waals surface area (Å²) >= 11 is 0. The zero-order valence-electron chi connectivity index (χ0n) is 9.00. The number of nitrogens with one attached hydrogen (secondary N) is 1. The molecule has 76 valence electrons. The molecule has 0 saturated carbocycles. The summed E-state index contributed by atoms with van der Waals surface area (Å²) in [6.45, 7) is 9.86. The van der Waals surface area contributed by atoms with E-state index < -0.39 is 0 Å². The van der Waals surface area contributed by atoms with E-state index in [9.17, 15) is 4.79 Å². The molecule has 0 radical (unpaired) electrons. The van der Waals surface area contributed by atoms with Gasteiger partial charge in [-0.1, -0.05) is 13.8 Å². The second-order valence-electron chi connectivity index (χ2n) is 4.37. The Labute approximate surface area is 80.5 Å². The van der Waals surface area contributed by atoms with Gasteiger partial charge in [0.05, 0.1) is 0 Å². The molecule has 3 heteroatoms. The molecular weight excluding hydrogens is 164 g/mol. The van der Waals surface area contributed by atoms with Gasteiger partial charge in [0.1, 0.15) is 0 Å². The van der Waals surface area contributed by atoms with Gasteiger partial charge in [0.25, 0.3) is 0 Å². The molecule has 0 bridgehead atoms. The molecule has 1 N–H and O–H groups in total. The first-order valence-electron chi connectivity index (χ1n) is 5.05. The SMILES string of the molecule is CC(C)C(=O)N1C[C@@H](C)N[C@@H](C)C1. The molecule has 0 aliphatic carbocycles. The van der Waals surface area contributed by atoms with Gasteiger partial charge in [-0.15, -0.1) is 0 Å². The lowest BCUT2D eigenvalue weighted by Crippen LogP contribution is -2.56. The van der Waals surface area contributed by atoms with Gasteiger partial charge in [-0.2, -0.15) is 0 Å². The van der Waals surface area contributed by atoms with Gasteiger partial charge in [-0.25, -0.2) is 0 Å². The van der Waals surface area contributed by atoms with Gasteiger partial charge in [0, 0.05) is 31.1 Å². The quantitative estimate of drug-likeness (QED) is 0.655. The third-order valence-corrected chi connectivity index (χ3v) is 2.36. The molecule has 0 unspecified atom stereocenters. The summed E-state index contributed by atoms with van der Waals surface area (Å²) in [6.07, 6.45) is 0. The van der Waals surface area contributed by atoms with Crippen molar-refractivity contribution in [2.45, 2.75) is 39.8 Å². The van der Waals surface area contributed by atoms with Crippen LogP contribution in [0.2, 0.25) is 0 Å². The van der Waals surface area contributed by atoms with E-state index in [1.165, 1.54) is 0 Å². The molecule has 1 rings (SSSR count). The standard InChI is InChI=1S/C10H20N2O/c1-7(2)10(13)12-5-8(3)11-9(4)6-12/h7-9,11H,5-6H2,1-4H3/t8-,9+. The van der Waals surface area contributed by atoms with Crippen molar-refractivity contribution < 1.29 is 4.79 Å². The minimum Gasteiger partial charge on any atom is -0.339 e. The first-order valence-corrected chi connectivity index (χ1v) is 5.05. The van der Waals surface area contributed by atoms with Crippen LogP contribution in [-0.4, -0.2) is 36.0 Å². The Morgan fingerprint density at radius 3 is 2.15 bits per heavy atom. The average Bonchev–Trinajstić information content (AvgIpc) is 2.01. The summed E-state index contributed by atoms with van der Waals surface area (Å²) in [7, 11) is 0. The number of hydrogen-bond donors (Lipinski definition) is 1. The van der Waals surface area contributed by atoms with Gasteiger partial charge >= 0.3 is 0 Å². The molecule has 0 spiro atoms. The maximum absolute atomic E-state index is 11.7. The smallest absolute Gasteiger partial charge is 0.225 e. The van der Waals surface area contributed by atoms with Gasteiger partial charge in [0.15, 0.2) is 0 Å². The molecule has 2 atom stereocenters. The predicted octanol–water partition coefficient (Wildman–Crippen LogP) is 0.851. The van der Waals surface area contributed by atoms with Crippen molar-refractivity contribution in [3.63, 3.8) is 0 Å². The Balaban J connectivity index is 2.55. The summed E-state index contributed by atoms with van der Waals surface area (Å²) in [5, 5.41) is 3.41. The number of hydrogen-bond acceptors (Lipinski definition) is 2. The predicted molar refractivity (Wildman–Crippen MR) is 53.5 cm³/mol. The molecule has 0 aromatic rings. The Bertz CT molecular complexity index is 181. The Morgan fingerprint density at radius 2 is 1.77 bits per heavy atom. The highest BCUT2D eigenvalue weighted by molar-refractivity contribution is 5.78. The van der Waals surface area contributed by atoms with Crippen LogP contribution in [-0.2, 0) is 4.79 Å². The number of nitrogens with zero attached hydrogens (tertiary/aromatic N) is 1. The Hall–Kier alpha value is -0.570. The van der Waals surface area contributed by atoms with Crippen molar-refractivity contribution >= 4 is 5.91 Å². The summed E-state index contributed by atoms with van der Waals surface area (Å²) in [4.78, 5) is 13.7. The summed E-state index contributed by atoms with van der Waals surface area (Å²) < 4.78 is 0. The summed E-state index contributed by atoms with van der Waals surface area (Å²) in [6, 6.07) is 0.845. The number of rotatable bonds is 1. The number of piperazine rings is 1. The minimum absolute atomic E-state index is 0.123. The van der Waals surface area contributed by atoms with E-state index >= 15 is 0 Å². The number of amides is 1. The highest BCUT2D eigenvalue weighted by atomic mass is 16.2. The van der Waals surface area contributed by atoms with Crippen molar-refractivity contribution in [3.8, 4) is 0 Å². The second kappa shape index (κ2) is 4.09. The van der Waals surface area contributed by atoms with Crippen LogP contribution in [0, 0.1) is 5.92 Å². The van der Waals surface area contributed by atoms with Crippen LogP contribution in [0.5, 0.6) is 0 Å². The maximum atomic E-state index is 11.7. The fourth-order valence-electron chi connectivity index (χ4n) is 1.87. The van der Waals surface area contributed by atoms with Gasteiger partial charge in [-0.3, -0.25) is 4.79 Å². The van der Waals surface area contributed by atoms with Crippen molar-refractivity contribution in [2.24, 2.45) is 5.92 Å². The molecule has 0 aromatic carbocycles. The van der Waals surface area contributed by atoms with E-state index in [-0.39, 0.29) is 11.8 Å². The molecule has 3 nitrogen and oxygen atoms in total. The second-order valence-corrected chi connectivity index (χ2v) is 4.37. The zero-order valence-corrected chi connectivity index (χ0v) is 9.00. The molecule has 13 heavy (non-hydrogen) atoms. The van der Waals surface area contributed by atoms with Crippen molar-refractivity contribution in [2.75, 3.05) is 13.1 Å². The number of carbonyl (C=O) groups is 1. The molecule has 1 amide bonds. The highest BCUT2D eigenvalue weighted by Crippen LogP contribution is 2.08. The fraction of sp³-hybridized carbons (Fsp3) is 0.900. The Kier molecular flexibility index (Phi) is 3.31.